The maximum Gasteiger partial charge on any atom is 0.416 e. The second kappa shape index (κ2) is 8.84. The van der Waals surface area contributed by atoms with E-state index in [0.717, 1.165) is 17.7 Å². The third-order valence-electron chi connectivity index (χ3n) is 5.52. The van der Waals surface area contributed by atoms with Gasteiger partial charge >= 0.3 is 12.1 Å². The highest BCUT2D eigenvalue weighted by atomic mass is 19.4. The van der Waals surface area contributed by atoms with Crippen LogP contribution in [0.4, 0.5) is 13.2 Å². The van der Waals surface area contributed by atoms with Crippen molar-refractivity contribution >= 4 is 5.97 Å². The van der Waals surface area contributed by atoms with Crippen molar-refractivity contribution in [1.29, 1.82) is 0 Å². The van der Waals surface area contributed by atoms with Crippen molar-refractivity contribution in [3.63, 3.8) is 0 Å². The van der Waals surface area contributed by atoms with Crippen LogP contribution in [0.2, 0.25) is 0 Å². The maximum absolute atomic E-state index is 12.9. The molecule has 0 radical (unpaired) electrons. The fourth-order valence-electron chi connectivity index (χ4n) is 3.24. The summed E-state index contributed by atoms with van der Waals surface area (Å²) in [7, 11) is 0. The zero-order chi connectivity index (χ0) is 22.6. The van der Waals surface area contributed by atoms with Crippen molar-refractivity contribution in [3.05, 3.63) is 89.5 Å². The fraction of sp³-hybridized carbons (Fsp3) is 0.240. The standard InChI is InChI=1S/C25H23F3O3/c1-3-24(2,23(29)30)21-13-19(18-9-11-20(12-10-18)25(26,27)28)14-22(15-21)31-16-17-7-5-4-6-8-17/h4-15H,3,16H2,1-2H3,(H,29,30). The summed E-state index contributed by atoms with van der Waals surface area (Å²) in [6.45, 7) is 3.69. The van der Waals surface area contributed by atoms with Gasteiger partial charge in [0, 0.05) is 0 Å². The number of carboxylic acids is 1. The lowest BCUT2D eigenvalue weighted by Gasteiger charge is -2.25. The summed E-state index contributed by atoms with van der Waals surface area (Å²) < 4.78 is 44.7. The van der Waals surface area contributed by atoms with Gasteiger partial charge in [0.25, 0.3) is 0 Å². The van der Waals surface area contributed by atoms with Crippen molar-refractivity contribution in [2.24, 2.45) is 0 Å². The van der Waals surface area contributed by atoms with Crippen molar-refractivity contribution in [2.75, 3.05) is 0 Å². The van der Waals surface area contributed by atoms with Crippen molar-refractivity contribution in [1.82, 2.24) is 0 Å². The third-order valence-corrected chi connectivity index (χ3v) is 5.52. The number of ether oxygens (including phenoxy) is 1. The molecule has 1 N–H and O–H groups in total. The van der Waals surface area contributed by atoms with Gasteiger partial charge in [0.15, 0.2) is 0 Å². The summed E-state index contributed by atoms with van der Waals surface area (Å²) in [5.41, 5.74) is 0.714. The van der Waals surface area contributed by atoms with Gasteiger partial charge in [-0.1, -0.05) is 49.4 Å². The molecular formula is C25H23F3O3. The van der Waals surface area contributed by atoms with Crippen LogP contribution in [0.3, 0.4) is 0 Å². The monoisotopic (exact) mass is 428 g/mol. The largest absolute Gasteiger partial charge is 0.489 e. The molecule has 1 unspecified atom stereocenters. The quantitative estimate of drug-likeness (QED) is 0.455. The Kier molecular flexibility index (Phi) is 6.39. The van der Waals surface area contributed by atoms with Crippen LogP contribution in [-0.4, -0.2) is 11.1 Å². The molecule has 31 heavy (non-hydrogen) atoms. The number of carbonyl (C=O) groups is 1. The second-order valence-corrected chi connectivity index (χ2v) is 7.59. The Labute approximate surface area is 179 Å². The topological polar surface area (TPSA) is 46.5 Å². The molecule has 3 nitrogen and oxygen atoms in total. The molecule has 1 atom stereocenters. The number of hydrogen-bond donors (Lipinski definition) is 1. The number of hydrogen-bond acceptors (Lipinski definition) is 2. The normalized spacial score (nSPS) is 13.5. The number of aliphatic carboxylic acids is 1. The van der Waals surface area contributed by atoms with Gasteiger partial charge in [-0.05, 0) is 65.9 Å². The minimum Gasteiger partial charge on any atom is -0.489 e. The molecule has 3 aromatic rings. The Balaban J connectivity index is 2.03. The van der Waals surface area contributed by atoms with E-state index in [1.54, 1.807) is 32.0 Å². The molecule has 0 amide bonds. The Bertz CT molecular complexity index is 1040. The summed E-state index contributed by atoms with van der Waals surface area (Å²) in [5, 5.41) is 9.81. The van der Waals surface area contributed by atoms with Crippen molar-refractivity contribution in [2.45, 2.75) is 38.5 Å². The molecule has 3 aromatic carbocycles. The first-order valence-corrected chi connectivity index (χ1v) is 9.87. The zero-order valence-electron chi connectivity index (χ0n) is 17.2. The molecule has 0 bridgehead atoms. The third kappa shape index (κ3) is 5.08. The van der Waals surface area contributed by atoms with E-state index in [0.29, 0.717) is 28.9 Å². The van der Waals surface area contributed by atoms with Crippen LogP contribution < -0.4 is 4.74 Å². The first-order valence-electron chi connectivity index (χ1n) is 9.87. The Hall–Kier alpha value is -3.28. The summed E-state index contributed by atoms with van der Waals surface area (Å²) >= 11 is 0. The van der Waals surface area contributed by atoms with Gasteiger partial charge in [0.05, 0.1) is 11.0 Å². The predicted molar refractivity (Wildman–Crippen MR) is 113 cm³/mol. The molecule has 0 aromatic heterocycles. The molecule has 3 rings (SSSR count). The van der Waals surface area contributed by atoms with Gasteiger partial charge < -0.3 is 9.84 Å². The Morgan fingerprint density at radius 1 is 0.903 bits per heavy atom. The number of rotatable bonds is 7. The number of carboxylic acid groups (broad SMARTS) is 1. The number of alkyl halides is 3. The van der Waals surface area contributed by atoms with E-state index in [-0.39, 0.29) is 6.61 Å². The summed E-state index contributed by atoms with van der Waals surface area (Å²) in [6, 6.07) is 19.4. The van der Waals surface area contributed by atoms with Gasteiger partial charge in [-0.25, -0.2) is 0 Å². The smallest absolute Gasteiger partial charge is 0.416 e. The van der Waals surface area contributed by atoms with Gasteiger partial charge in [-0.2, -0.15) is 13.2 Å². The minimum absolute atomic E-state index is 0.284. The van der Waals surface area contributed by atoms with Crippen molar-refractivity contribution in [3.8, 4) is 16.9 Å². The van der Waals surface area contributed by atoms with E-state index >= 15 is 0 Å². The Morgan fingerprint density at radius 3 is 2.10 bits per heavy atom. The second-order valence-electron chi connectivity index (χ2n) is 7.59. The van der Waals surface area contributed by atoms with Gasteiger partial charge in [-0.15, -0.1) is 0 Å². The van der Waals surface area contributed by atoms with Crippen molar-refractivity contribution < 1.29 is 27.8 Å². The van der Waals surface area contributed by atoms with E-state index < -0.39 is 23.1 Å². The summed E-state index contributed by atoms with van der Waals surface area (Å²) in [4.78, 5) is 12.0. The van der Waals surface area contributed by atoms with Gasteiger partial charge in [0.1, 0.15) is 12.4 Å². The molecule has 162 valence electrons. The van der Waals surface area contributed by atoms with Crippen LogP contribution in [0.25, 0.3) is 11.1 Å². The van der Waals surface area contributed by atoms with Crippen LogP contribution in [0.15, 0.2) is 72.8 Å². The lowest BCUT2D eigenvalue weighted by Crippen LogP contribution is -2.31. The molecular weight excluding hydrogens is 405 g/mol. The number of benzene rings is 3. The Morgan fingerprint density at radius 2 is 1.55 bits per heavy atom. The molecule has 0 aliphatic carbocycles. The molecule has 0 heterocycles. The summed E-state index contributed by atoms with van der Waals surface area (Å²) in [5.74, 6) is -0.522. The molecule has 0 fully saturated rings. The highest BCUT2D eigenvalue weighted by Crippen LogP contribution is 2.36. The average molecular weight is 428 g/mol. The minimum atomic E-state index is -4.42. The van der Waals surface area contributed by atoms with Crippen LogP contribution >= 0.6 is 0 Å². The van der Waals surface area contributed by atoms with Gasteiger partial charge in [-0.3, -0.25) is 4.79 Å². The SMILES string of the molecule is CCC(C)(C(=O)O)c1cc(OCc2ccccc2)cc(-c2ccc(C(F)(F)F)cc2)c1. The highest BCUT2D eigenvalue weighted by molar-refractivity contribution is 5.82. The lowest BCUT2D eigenvalue weighted by molar-refractivity contribution is -0.143. The van der Waals surface area contributed by atoms with E-state index in [2.05, 4.69) is 0 Å². The first kappa shape index (κ1) is 22.4. The molecule has 0 saturated heterocycles. The lowest BCUT2D eigenvalue weighted by atomic mass is 9.79. The zero-order valence-corrected chi connectivity index (χ0v) is 17.2. The van der Waals surface area contributed by atoms with E-state index in [4.69, 9.17) is 4.74 Å². The van der Waals surface area contributed by atoms with Gasteiger partial charge in [0.2, 0.25) is 0 Å². The van der Waals surface area contributed by atoms with E-state index in [1.807, 2.05) is 30.3 Å². The predicted octanol–water partition coefficient (Wildman–Crippen LogP) is 6.70. The van der Waals surface area contributed by atoms with Crippen LogP contribution in [-0.2, 0) is 23.0 Å². The molecule has 0 spiro atoms. The molecule has 0 saturated carbocycles. The van der Waals surface area contributed by atoms with Crippen LogP contribution in [0.5, 0.6) is 5.75 Å². The molecule has 0 aliphatic heterocycles. The van der Waals surface area contributed by atoms with E-state index in [1.165, 1.54) is 12.1 Å². The first-order chi connectivity index (χ1) is 14.6. The van der Waals surface area contributed by atoms with Crippen LogP contribution in [0.1, 0.15) is 37.0 Å². The van der Waals surface area contributed by atoms with Crippen LogP contribution in [0, 0.1) is 0 Å². The average Bonchev–Trinajstić information content (AvgIpc) is 2.77. The molecule has 0 aliphatic rings. The summed E-state index contributed by atoms with van der Waals surface area (Å²) in [6.07, 6.45) is -4.08. The molecule has 6 heteroatoms. The highest BCUT2D eigenvalue weighted by Gasteiger charge is 2.34. The van der Waals surface area contributed by atoms with E-state index in [9.17, 15) is 23.1 Å². The fourth-order valence-corrected chi connectivity index (χ4v) is 3.24. The maximum atomic E-state index is 12.9. The number of halogens is 3.